The van der Waals surface area contributed by atoms with Gasteiger partial charge in [-0.05, 0) is 23.3 Å². The number of rotatable bonds is 6. The van der Waals surface area contributed by atoms with Crippen LogP contribution in [0.1, 0.15) is 10.4 Å². The third-order valence-electron chi connectivity index (χ3n) is 3.48. The Morgan fingerprint density at radius 3 is 2.00 bits per heavy atom. The first kappa shape index (κ1) is 15.7. The summed E-state index contributed by atoms with van der Waals surface area (Å²) in [7, 11) is 0. The van der Waals surface area contributed by atoms with Crippen molar-refractivity contribution in [1.82, 2.24) is 0 Å². The summed E-state index contributed by atoms with van der Waals surface area (Å²) in [6.07, 6.45) is 3.67. The predicted octanol–water partition coefficient (Wildman–Crippen LogP) is 2.93. The standard InChI is InChI=1S/C20H18NO3/c22-20(19-9-5-2-6-10-19)23-15-16-24-21-13-11-18(12-14-21)17-7-3-1-4-8-17/h1-14H,15-16H2/q+1. The Morgan fingerprint density at radius 2 is 1.33 bits per heavy atom. The molecule has 120 valence electrons. The number of carbonyl (C=O) groups excluding carboxylic acids is 1. The minimum Gasteiger partial charge on any atom is -0.458 e. The number of ether oxygens (including phenoxy) is 1. The Hall–Kier alpha value is -3.14. The first-order chi connectivity index (χ1) is 11.8. The van der Waals surface area contributed by atoms with Gasteiger partial charge in [-0.1, -0.05) is 48.5 Å². The van der Waals surface area contributed by atoms with Crippen LogP contribution in [0.15, 0.2) is 85.2 Å². The fraction of sp³-hybridized carbons (Fsp3) is 0.100. The summed E-state index contributed by atoms with van der Waals surface area (Å²) in [5.74, 6) is -0.344. The summed E-state index contributed by atoms with van der Waals surface area (Å²) >= 11 is 0. The van der Waals surface area contributed by atoms with E-state index < -0.39 is 0 Å². The third-order valence-corrected chi connectivity index (χ3v) is 3.48. The molecule has 24 heavy (non-hydrogen) atoms. The highest BCUT2D eigenvalue weighted by atomic mass is 16.7. The van der Waals surface area contributed by atoms with Crippen molar-refractivity contribution in [1.29, 1.82) is 0 Å². The average molecular weight is 320 g/mol. The van der Waals surface area contributed by atoms with Crippen LogP contribution >= 0.6 is 0 Å². The lowest BCUT2D eigenvalue weighted by atomic mass is 10.1. The summed E-state index contributed by atoms with van der Waals surface area (Å²) in [5, 5.41) is 0. The maximum Gasteiger partial charge on any atom is 0.338 e. The van der Waals surface area contributed by atoms with Gasteiger partial charge in [0.2, 0.25) is 12.4 Å². The van der Waals surface area contributed by atoms with Crippen LogP contribution in [0.5, 0.6) is 0 Å². The molecule has 0 saturated heterocycles. The van der Waals surface area contributed by atoms with E-state index in [-0.39, 0.29) is 19.2 Å². The van der Waals surface area contributed by atoms with Crippen LogP contribution in [-0.4, -0.2) is 19.2 Å². The van der Waals surface area contributed by atoms with Crippen LogP contribution in [0, 0.1) is 0 Å². The molecule has 0 N–H and O–H groups in total. The molecule has 0 aliphatic heterocycles. The molecule has 0 bridgehead atoms. The molecular formula is C20H18NO3+. The summed E-state index contributed by atoms with van der Waals surface area (Å²) in [6.45, 7) is 0.481. The van der Waals surface area contributed by atoms with E-state index in [0.717, 1.165) is 11.1 Å². The Kier molecular flexibility index (Phi) is 5.20. The lowest BCUT2D eigenvalue weighted by Crippen LogP contribution is -2.43. The number of benzene rings is 2. The molecule has 0 unspecified atom stereocenters. The van der Waals surface area contributed by atoms with Crippen molar-refractivity contribution in [3.8, 4) is 11.1 Å². The van der Waals surface area contributed by atoms with Crippen LogP contribution in [0.4, 0.5) is 0 Å². The second kappa shape index (κ2) is 7.92. The van der Waals surface area contributed by atoms with Crippen molar-refractivity contribution in [2.24, 2.45) is 0 Å². The smallest absolute Gasteiger partial charge is 0.338 e. The molecule has 1 aromatic heterocycles. The first-order valence-corrected chi connectivity index (χ1v) is 7.75. The topological polar surface area (TPSA) is 39.4 Å². The Labute approximate surface area is 140 Å². The molecule has 0 fully saturated rings. The average Bonchev–Trinajstić information content (AvgIpc) is 2.67. The van der Waals surface area contributed by atoms with Gasteiger partial charge in [-0.3, -0.25) is 4.84 Å². The number of carbonyl (C=O) groups is 1. The molecule has 0 spiro atoms. The number of aromatic nitrogens is 1. The van der Waals surface area contributed by atoms with Gasteiger partial charge in [0.25, 0.3) is 0 Å². The fourth-order valence-corrected chi connectivity index (χ4v) is 2.26. The van der Waals surface area contributed by atoms with Crippen LogP contribution in [-0.2, 0) is 4.74 Å². The molecule has 0 aliphatic rings. The van der Waals surface area contributed by atoms with Crippen molar-refractivity contribution in [2.75, 3.05) is 13.2 Å². The second-order valence-corrected chi connectivity index (χ2v) is 5.15. The van der Waals surface area contributed by atoms with Gasteiger partial charge in [-0.15, -0.1) is 0 Å². The minimum atomic E-state index is -0.344. The number of nitrogens with zero attached hydrogens (tertiary/aromatic N) is 1. The molecular weight excluding hydrogens is 302 g/mol. The molecule has 4 heteroatoms. The predicted molar refractivity (Wildman–Crippen MR) is 90.2 cm³/mol. The van der Waals surface area contributed by atoms with E-state index in [4.69, 9.17) is 9.57 Å². The molecule has 3 aromatic rings. The molecule has 0 amide bonds. The molecule has 0 aliphatic carbocycles. The van der Waals surface area contributed by atoms with Gasteiger partial charge in [0.05, 0.1) is 5.56 Å². The van der Waals surface area contributed by atoms with E-state index in [0.29, 0.717) is 5.56 Å². The minimum absolute atomic E-state index is 0.196. The van der Waals surface area contributed by atoms with Crippen molar-refractivity contribution >= 4 is 5.97 Å². The van der Waals surface area contributed by atoms with Crippen LogP contribution in [0.2, 0.25) is 0 Å². The first-order valence-electron chi connectivity index (χ1n) is 7.75. The Morgan fingerprint density at radius 1 is 0.750 bits per heavy atom. The zero-order valence-electron chi connectivity index (χ0n) is 13.2. The zero-order chi connectivity index (χ0) is 16.6. The molecule has 1 heterocycles. The summed E-state index contributed by atoms with van der Waals surface area (Å²) in [5.41, 5.74) is 2.81. The Balaban J connectivity index is 1.46. The highest BCUT2D eigenvalue weighted by Gasteiger charge is 2.07. The lowest BCUT2D eigenvalue weighted by Gasteiger charge is -2.04. The van der Waals surface area contributed by atoms with Crippen molar-refractivity contribution < 1.29 is 19.1 Å². The lowest BCUT2D eigenvalue weighted by molar-refractivity contribution is -0.891. The van der Waals surface area contributed by atoms with E-state index >= 15 is 0 Å². The molecule has 0 radical (unpaired) electrons. The molecule has 0 atom stereocenters. The number of pyridine rings is 1. The molecule has 3 rings (SSSR count). The van der Waals surface area contributed by atoms with E-state index in [9.17, 15) is 4.79 Å². The number of hydrogen-bond acceptors (Lipinski definition) is 3. The molecule has 4 nitrogen and oxygen atoms in total. The monoisotopic (exact) mass is 320 g/mol. The van der Waals surface area contributed by atoms with Crippen LogP contribution < -0.4 is 9.57 Å². The SMILES string of the molecule is O=C(OCCO[n+]1ccc(-c2ccccc2)cc1)c1ccccc1. The van der Waals surface area contributed by atoms with Gasteiger partial charge < -0.3 is 4.74 Å². The normalized spacial score (nSPS) is 10.2. The quantitative estimate of drug-likeness (QED) is 0.398. The van der Waals surface area contributed by atoms with E-state index in [1.54, 1.807) is 29.0 Å². The van der Waals surface area contributed by atoms with Crippen LogP contribution in [0.3, 0.4) is 0 Å². The highest BCUT2D eigenvalue weighted by Crippen LogP contribution is 2.16. The highest BCUT2D eigenvalue weighted by molar-refractivity contribution is 5.89. The van der Waals surface area contributed by atoms with Gasteiger partial charge in [-0.25, -0.2) is 4.79 Å². The van der Waals surface area contributed by atoms with Gasteiger partial charge >= 0.3 is 5.97 Å². The van der Waals surface area contributed by atoms with Crippen molar-refractivity contribution in [3.05, 3.63) is 90.8 Å². The maximum absolute atomic E-state index is 11.8. The number of esters is 1. The van der Waals surface area contributed by atoms with Crippen molar-refractivity contribution in [3.63, 3.8) is 0 Å². The maximum atomic E-state index is 11.8. The van der Waals surface area contributed by atoms with Crippen LogP contribution in [0.25, 0.3) is 11.1 Å². The Bertz CT molecular complexity index is 771. The van der Waals surface area contributed by atoms with E-state index in [2.05, 4.69) is 12.1 Å². The van der Waals surface area contributed by atoms with Gasteiger partial charge in [0.15, 0.2) is 6.61 Å². The van der Waals surface area contributed by atoms with Gasteiger partial charge in [0.1, 0.15) is 6.61 Å². The number of hydrogen-bond donors (Lipinski definition) is 0. The summed E-state index contributed by atoms with van der Waals surface area (Å²) < 4.78 is 6.77. The van der Waals surface area contributed by atoms with E-state index in [1.807, 2.05) is 48.8 Å². The third kappa shape index (κ3) is 4.20. The summed E-state index contributed by atoms with van der Waals surface area (Å²) in [6, 6.07) is 23.0. The zero-order valence-corrected chi connectivity index (χ0v) is 13.2. The van der Waals surface area contributed by atoms with E-state index in [1.165, 1.54) is 0 Å². The molecule has 2 aromatic carbocycles. The summed E-state index contributed by atoms with van der Waals surface area (Å²) in [4.78, 5) is 17.3. The van der Waals surface area contributed by atoms with Gasteiger partial charge in [-0.2, -0.15) is 0 Å². The van der Waals surface area contributed by atoms with Gasteiger partial charge in [0, 0.05) is 16.9 Å². The molecule has 0 saturated carbocycles. The largest absolute Gasteiger partial charge is 0.458 e. The second-order valence-electron chi connectivity index (χ2n) is 5.15. The van der Waals surface area contributed by atoms with Crippen molar-refractivity contribution in [2.45, 2.75) is 0 Å². The fourth-order valence-electron chi connectivity index (χ4n) is 2.26.